The molecule has 0 radical (unpaired) electrons. The largest absolute Gasteiger partial charge is 0.548 e. The molecule has 9 heteroatoms. The van der Waals surface area contributed by atoms with Gasteiger partial charge in [0.15, 0.2) is 6.10 Å². The predicted octanol–water partition coefficient (Wildman–Crippen LogP) is -1.64. The van der Waals surface area contributed by atoms with E-state index in [2.05, 4.69) is 0 Å². The van der Waals surface area contributed by atoms with Gasteiger partial charge in [-0.15, -0.1) is 12.4 Å². The lowest BCUT2D eigenvalue weighted by molar-refractivity contribution is -0.873. The maximum atomic E-state index is 11.6. The Balaban J connectivity index is 0. The van der Waals surface area contributed by atoms with Gasteiger partial charge in [-0.25, -0.2) is 0 Å². The molecule has 0 spiro atoms. The number of ether oxygens (including phenoxy) is 1. The number of carbonyl (C=O) groups excluding carboxylic acids is 2. The molecular formula is C12H23ClN2O6. The highest BCUT2D eigenvalue weighted by Crippen LogP contribution is 2.07. The van der Waals surface area contributed by atoms with Crippen LogP contribution in [-0.2, 0) is 19.1 Å². The average Bonchev–Trinajstić information content (AvgIpc) is 2.21. The van der Waals surface area contributed by atoms with Crippen LogP contribution in [0.1, 0.15) is 19.3 Å². The van der Waals surface area contributed by atoms with Crippen molar-refractivity contribution in [3.63, 3.8) is 0 Å². The first-order chi connectivity index (χ1) is 9.01. The SMILES string of the molecule is C[N+](C)(C)C[C@@H](CC(=O)O)OC(=O)CC[C@H](N)C(=O)[O-].Cl. The summed E-state index contributed by atoms with van der Waals surface area (Å²) < 4.78 is 5.50. The summed E-state index contributed by atoms with van der Waals surface area (Å²) in [6.07, 6.45) is -1.36. The van der Waals surface area contributed by atoms with Crippen molar-refractivity contribution in [2.45, 2.75) is 31.4 Å². The molecule has 0 heterocycles. The van der Waals surface area contributed by atoms with Gasteiger partial charge in [0.25, 0.3) is 0 Å². The Bertz CT molecular complexity index is 369. The number of nitrogens with two attached hydrogens (primary N) is 1. The second-order valence-corrected chi connectivity index (χ2v) is 5.65. The number of carboxylic acids is 2. The third-order valence-corrected chi connectivity index (χ3v) is 2.41. The molecule has 3 N–H and O–H groups in total. The normalized spacial score (nSPS) is 13.7. The van der Waals surface area contributed by atoms with Gasteiger partial charge >= 0.3 is 11.9 Å². The summed E-state index contributed by atoms with van der Waals surface area (Å²) in [7, 11) is 5.53. The molecule has 0 saturated heterocycles. The van der Waals surface area contributed by atoms with E-state index in [-0.39, 0.29) is 31.7 Å². The molecule has 124 valence electrons. The van der Waals surface area contributed by atoms with Crippen molar-refractivity contribution in [1.82, 2.24) is 0 Å². The van der Waals surface area contributed by atoms with Gasteiger partial charge in [0, 0.05) is 12.5 Å². The summed E-state index contributed by atoms with van der Waals surface area (Å²) in [6, 6.07) is -1.24. The lowest BCUT2D eigenvalue weighted by atomic mass is 10.1. The lowest BCUT2D eigenvalue weighted by Crippen LogP contribution is -2.44. The Kier molecular flexibility index (Phi) is 9.95. The third kappa shape index (κ3) is 12.1. The van der Waals surface area contributed by atoms with Gasteiger partial charge in [-0.2, -0.15) is 0 Å². The van der Waals surface area contributed by atoms with Crippen LogP contribution in [0.25, 0.3) is 0 Å². The Morgan fingerprint density at radius 3 is 2.19 bits per heavy atom. The van der Waals surface area contributed by atoms with Crippen molar-refractivity contribution < 1.29 is 33.8 Å². The van der Waals surface area contributed by atoms with Crippen LogP contribution in [0, 0.1) is 0 Å². The number of hydrogen-bond donors (Lipinski definition) is 2. The summed E-state index contributed by atoms with van der Waals surface area (Å²) >= 11 is 0. The van der Waals surface area contributed by atoms with Gasteiger partial charge < -0.3 is 30.0 Å². The van der Waals surface area contributed by atoms with Crippen LogP contribution in [0.15, 0.2) is 0 Å². The first kappa shape index (κ1) is 21.9. The molecule has 0 aliphatic carbocycles. The maximum absolute atomic E-state index is 11.6. The maximum Gasteiger partial charge on any atom is 0.307 e. The van der Waals surface area contributed by atoms with E-state index in [1.165, 1.54) is 0 Å². The van der Waals surface area contributed by atoms with E-state index in [1.54, 1.807) is 0 Å². The fourth-order valence-electron chi connectivity index (χ4n) is 1.59. The summed E-state index contributed by atoms with van der Waals surface area (Å²) in [4.78, 5) is 32.7. The smallest absolute Gasteiger partial charge is 0.307 e. The highest BCUT2D eigenvalue weighted by molar-refractivity contribution is 5.85. The molecule has 0 aromatic rings. The number of rotatable bonds is 9. The Morgan fingerprint density at radius 2 is 1.81 bits per heavy atom. The molecule has 0 amide bonds. The highest BCUT2D eigenvalue weighted by atomic mass is 35.5. The number of nitrogens with zero attached hydrogens (tertiary/aromatic N) is 1. The van der Waals surface area contributed by atoms with Gasteiger partial charge in [-0.3, -0.25) is 9.59 Å². The molecule has 0 rings (SSSR count). The van der Waals surface area contributed by atoms with Gasteiger partial charge in [0.2, 0.25) is 0 Å². The van der Waals surface area contributed by atoms with Crippen LogP contribution in [0.4, 0.5) is 0 Å². The first-order valence-corrected chi connectivity index (χ1v) is 6.19. The topological polar surface area (TPSA) is 130 Å². The summed E-state index contributed by atoms with van der Waals surface area (Å²) in [6.45, 7) is 0.338. The van der Waals surface area contributed by atoms with E-state index in [4.69, 9.17) is 15.6 Å². The average molecular weight is 327 g/mol. The van der Waals surface area contributed by atoms with Gasteiger partial charge in [0.05, 0.1) is 33.5 Å². The van der Waals surface area contributed by atoms with Crippen LogP contribution >= 0.6 is 12.4 Å². The quantitative estimate of drug-likeness (QED) is 0.384. The Morgan fingerprint density at radius 1 is 1.29 bits per heavy atom. The lowest BCUT2D eigenvalue weighted by Gasteiger charge is -2.28. The van der Waals surface area contributed by atoms with E-state index in [0.717, 1.165) is 0 Å². The van der Waals surface area contributed by atoms with E-state index >= 15 is 0 Å². The minimum Gasteiger partial charge on any atom is -0.548 e. The molecule has 21 heavy (non-hydrogen) atoms. The molecule has 0 aliphatic rings. The molecule has 0 bridgehead atoms. The van der Waals surface area contributed by atoms with Gasteiger partial charge in [-0.1, -0.05) is 0 Å². The van der Waals surface area contributed by atoms with E-state index in [9.17, 15) is 19.5 Å². The second-order valence-electron chi connectivity index (χ2n) is 5.65. The number of esters is 1. The zero-order chi connectivity index (χ0) is 15.9. The van der Waals surface area contributed by atoms with Crippen molar-refractivity contribution >= 4 is 30.3 Å². The highest BCUT2D eigenvalue weighted by Gasteiger charge is 2.24. The molecule has 0 aromatic heterocycles. The van der Waals surface area contributed by atoms with Crippen LogP contribution in [-0.4, -0.2) is 67.3 Å². The zero-order valence-corrected chi connectivity index (χ0v) is 13.2. The van der Waals surface area contributed by atoms with Crippen molar-refractivity contribution in [1.29, 1.82) is 0 Å². The first-order valence-electron chi connectivity index (χ1n) is 6.19. The molecule has 0 fully saturated rings. The van der Waals surface area contributed by atoms with Crippen molar-refractivity contribution in [3.05, 3.63) is 0 Å². The minimum atomic E-state index is -1.44. The van der Waals surface area contributed by atoms with E-state index in [1.807, 2.05) is 21.1 Å². The minimum absolute atomic E-state index is 0. The monoisotopic (exact) mass is 326 g/mol. The van der Waals surface area contributed by atoms with Gasteiger partial charge in [-0.05, 0) is 6.42 Å². The summed E-state index contributed by atoms with van der Waals surface area (Å²) in [5, 5.41) is 19.2. The van der Waals surface area contributed by atoms with Crippen LogP contribution < -0.4 is 10.8 Å². The number of carboxylic acid groups (broad SMARTS) is 2. The van der Waals surface area contributed by atoms with Crippen LogP contribution in [0.5, 0.6) is 0 Å². The second kappa shape index (κ2) is 9.54. The molecule has 0 unspecified atom stereocenters. The van der Waals surface area contributed by atoms with E-state index < -0.39 is 30.1 Å². The van der Waals surface area contributed by atoms with Crippen LogP contribution in [0.2, 0.25) is 0 Å². The molecule has 0 aliphatic heterocycles. The molecule has 0 saturated carbocycles. The van der Waals surface area contributed by atoms with Crippen LogP contribution in [0.3, 0.4) is 0 Å². The number of halogens is 1. The molecule has 8 nitrogen and oxygen atoms in total. The van der Waals surface area contributed by atoms with E-state index in [0.29, 0.717) is 11.0 Å². The number of likely N-dealkylation sites (N-methyl/N-ethyl adjacent to an activating group) is 1. The number of carbonyl (C=O) groups is 3. The summed E-state index contributed by atoms with van der Waals surface area (Å²) in [5.74, 6) is -3.17. The number of hydrogen-bond acceptors (Lipinski definition) is 6. The van der Waals surface area contributed by atoms with Crippen molar-refractivity contribution in [2.75, 3.05) is 27.7 Å². The zero-order valence-electron chi connectivity index (χ0n) is 12.4. The van der Waals surface area contributed by atoms with Crippen molar-refractivity contribution in [2.24, 2.45) is 5.73 Å². The fourth-order valence-corrected chi connectivity index (χ4v) is 1.59. The Labute approximate surface area is 129 Å². The fraction of sp³-hybridized carbons (Fsp3) is 0.750. The number of aliphatic carboxylic acids is 2. The van der Waals surface area contributed by atoms with Gasteiger partial charge in [0.1, 0.15) is 6.54 Å². The number of quaternary nitrogens is 1. The third-order valence-electron chi connectivity index (χ3n) is 2.41. The summed E-state index contributed by atoms with van der Waals surface area (Å²) in [5.41, 5.74) is 5.21. The molecular weight excluding hydrogens is 304 g/mol. The van der Waals surface area contributed by atoms with Crippen molar-refractivity contribution in [3.8, 4) is 0 Å². The predicted molar refractivity (Wildman–Crippen MR) is 74.5 cm³/mol. The Hall–Kier alpha value is -1.38. The molecule has 0 aromatic carbocycles. The molecule has 2 atom stereocenters. The standard InChI is InChI=1S/C12H22N2O6.ClH/c1-14(2,3)7-8(6-10(15)16)20-11(17)5-4-9(13)12(18)19;/h8-9H,4-7,13H2,1-3H3,(H-,15,16,18,19);1H/t8-,9+;/m1./s1.